The number of nitrogens with one attached hydrogen (secondary N) is 1. The van der Waals surface area contributed by atoms with Crippen LogP contribution in [0.2, 0.25) is 0 Å². The normalized spacial score (nSPS) is 18.2. The number of hydrogen-bond acceptors (Lipinski definition) is 6. The molecule has 0 bridgehead atoms. The van der Waals surface area contributed by atoms with Gasteiger partial charge in [0.15, 0.2) is 0 Å². The van der Waals surface area contributed by atoms with Gasteiger partial charge in [-0.05, 0) is 31.5 Å². The quantitative estimate of drug-likeness (QED) is 0.586. The standard InChI is InChI=1S/C24H22N4O3S/c1-15-7-6-8-17(11-15)12-28-23(29)21-20(14-32-26-21)27(24(28)30)13-19-16(2)31-22(25-19)18-9-4-3-5-10-18/h3-11,14,21,26H,12-13H2,1-2H3. The van der Waals surface area contributed by atoms with E-state index in [9.17, 15) is 9.59 Å². The van der Waals surface area contributed by atoms with Crippen molar-refractivity contribution in [3.63, 3.8) is 0 Å². The van der Waals surface area contributed by atoms with Gasteiger partial charge in [-0.25, -0.2) is 14.5 Å². The number of rotatable bonds is 5. The second kappa shape index (κ2) is 8.29. The minimum absolute atomic E-state index is 0.221. The minimum Gasteiger partial charge on any atom is -0.441 e. The molecule has 0 aliphatic carbocycles. The van der Waals surface area contributed by atoms with Crippen LogP contribution in [-0.2, 0) is 17.9 Å². The van der Waals surface area contributed by atoms with Gasteiger partial charge in [0.25, 0.3) is 5.91 Å². The van der Waals surface area contributed by atoms with E-state index >= 15 is 0 Å². The maximum absolute atomic E-state index is 13.5. The van der Waals surface area contributed by atoms with Gasteiger partial charge in [-0.3, -0.25) is 14.6 Å². The number of carbonyl (C=O) groups excluding carboxylic acids is 2. The molecule has 2 aromatic carbocycles. The zero-order valence-corrected chi connectivity index (χ0v) is 18.6. The monoisotopic (exact) mass is 446 g/mol. The van der Waals surface area contributed by atoms with Crippen LogP contribution in [0, 0.1) is 13.8 Å². The number of aryl methyl sites for hydroxylation is 2. The Morgan fingerprint density at radius 2 is 1.84 bits per heavy atom. The third-order valence-electron chi connectivity index (χ3n) is 5.59. The van der Waals surface area contributed by atoms with Gasteiger partial charge in [-0.1, -0.05) is 60.0 Å². The van der Waals surface area contributed by atoms with Crippen molar-refractivity contribution < 1.29 is 14.0 Å². The van der Waals surface area contributed by atoms with Crippen LogP contribution in [0.15, 0.2) is 70.1 Å². The second-order valence-corrected chi connectivity index (χ2v) is 8.59. The number of imide groups is 1. The highest BCUT2D eigenvalue weighted by Gasteiger charge is 2.45. The molecular weight excluding hydrogens is 424 g/mol. The molecule has 3 aromatic rings. The number of carbonyl (C=O) groups is 2. The molecule has 1 atom stereocenters. The van der Waals surface area contributed by atoms with Gasteiger partial charge in [0.2, 0.25) is 5.89 Å². The Morgan fingerprint density at radius 1 is 1.03 bits per heavy atom. The molecule has 3 heterocycles. The van der Waals surface area contributed by atoms with Crippen molar-refractivity contribution in [1.82, 2.24) is 19.5 Å². The van der Waals surface area contributed by atoms with Crippen LogP contribution in [0.3, 0.4) is 0 Å². The summed E-state index contributed by atoms with van der Waals surface area (Å²) in [5.74, 6) is 0.917. The summed E-state index contributed by atoms with van der Waals surface area (Å²) >= 11 is 1.32. The van der Waals surface area contributed by atoms with Crippen LogP contribution in [-0.4, -0.2) is 32.8 Å². The van der Waals surface area contributed by atoms with Crippen molar-refractivity contribution >= 4 is 23.9 Å². The van der Waals surface area contributed by atoms with Gasteiger partial charge in [0.05, 0.1) is 18.8 Å². The van der Waals surface area contributed by atoms with Crippen LogP contribution in [0.4, 0.5) is 4.79 Å². The Kier molecular flexibility index (Phi) is 5.32. The molecule has 1 unspecified atom stereocenters. The van der Waals surface area contributed by atoms with Gasteiger partial charge in [-0.2, -0.15) is 0 Å². The van der Waals surface area contributed by atoms with E-state index < -0.39 is 6.04 Å². The lowest BCUT2D eigenvalue weighted by Crippen LogP contribution is -2.58. The molecule has 5 rings (SSSR count). The predicted molar refractivity (Wildman–Crippen MR) is 122 cm³/mol. The average molecular weight is 447 g/mol. The lowest BCUT2D eigenvalue weighted by molar-refractivity contribution is -0.132. The largest absolute Gasteiger partial charge is 0.441 e. The summed E-state index contributed by atoms with van der Waals surface area (Å²) in [5.41, 5.74) is 4.18. The molecule has 2 aliphatic heterocycles. The highest BCUT2D eigenvalue weighted by molar-refractivity contribution is 8.00. The first-order valence-corrected chi connectivity index (χ1v) is 11.2. The molecule has 0 saturated carbocycles. The fourth-order valence-corrected chi connectivity index (χ4v) is 4.73. The molecule has 1 N–H and O–H groups in total. The number of amides is 3. The predicted octanol–water partition coefficient (Wildman–Crippen LogP) is 4.38. The second-order valence-electron chi connectivity index (χ2n) is 7.88. The van der Waals surface area contributed by atoms with Gasteiger partial charge < -0.3 is 4.42 Å². The molecule has 32 heavy (non-hydrogen) atoms. The third-order valence-corrected chi connectivity index (χ3v) is 6.32. The molecule has 2 aliphatic rings. The minimum atomic E-state index is -0.566. The summed E-state index contributed by atoms with van der Waals surface area (Å²) in [6, 6.07) is 16.6. The molecule has 162 valence electrons. The molecular formula is C24H22N4O3S. The number of urea groups is 1. The Morgan fingerprint density at radius 3 is 2.62 bits per heavy atom. The molecule has 3 amide bonds. The van der Waals surface area contributed by atoms with Crippen molar-refractivity contribution in [3.05, 3.63) is 88.3 Å². The highest BCUT2D eigenvalue weighted by Crippen LogP contribution is 2.32. The van der Waals surface area contributed by atoms with E-state index in [-0.39, 0.29) is 25.0 Å². The Hall–Kier alpha value is -3.36. The van der Waals surface area contributed by atoms with Crippen LogP contribution in [0.5, 0.6) is 0 Å². The lowest BCUT2D eigenvalue weighted by Gasteiger charge is -2.38. The molecule has 1 aromatic heterocycles. The zero-order valence-electron chi connectivity index (χ0n) is 17.7. The summed E-state index contributed by atoms with van der Waals surface area (Å²) in [4.78, 5) is 34.1. The summed E-state index contributed by atoms with van der Waals surface area (Å²) in [5, 5.41) is 1.82. The molecule has 7 nitrogen and oxygen atoms in total. The summed E-state index contributed by atoms with van der Waals surface area (Å²) in [6.07, 6.45) is 0. The fraction of sp³-hybridized carbons (Fsp3) is 0.208. The van der Waals surface area contributed by atoms with Gasteiger partial charge in [-0.15, -0.1) is 0 Å². The Balaban J connectivity index is 1.44. The van der Waals surface area contributed by atoms with Crippen LogP contribution in [0.25, 0.3) is 11.5 Å². The van der Waals surface area contributed by atoms with Crippen LogP contribution >= 0.6 is 11.9 Å². The Bertz CT molecular complexity index is 1220. The fourth-order valence-electron chi connectivity index (χ4n) is 3.92. The highest BCUT2D eigenvalue weighted by atomic mass is 32.2. The van der Waals surface area contributed by atoms with Gasteiger partial charge >= 0.3 is 6.03 Å². The first-order valence-electron chi connectivity index (χ1n) is 10.3. The van der Waals surface area contributed by atoms with Crippen molar-refractivity contribution in [2.45, 2.75) is 33.0 Å². The van der Waals surface area contributed by atoms with Crippen LogP contribution < -0.4 is 4.72 Å². The van der Waals surface area contributed by atoms with E-state index in [2.05, 4.69) is 9.71 Å². The van der Waals surface area contributed by atoms with E-state index in [1.165, 1.54) is 16.8 Å². The summed E-state index contributed by atoms with van der Waals surface area (Å²) < 4.78 is 8.99. The van der Waals surface area contributed by atoms with E-state index in [0.717, 1.165) is 16.7 Å². The number of oxazole rings is 1. The van der Waals surface area contributed by atoms with Crippen molar-refractivity contribution in [3.8, 4) is 11.5 Å². The number of fused-ring (bicyclic) bond motifs is 1. The lowest BCUT2D eigenvalue weighted by atomic mass is 10.1. The van der Waals surface area contributed by atoms with Gasteiger partial charge in [0, 0.05) is 11.0 Å². The summed E-state index contributed by atoms with van der Waals surface area (Å²) in [6.45, 7) is 4.28. The first kappa shape index (κ1) is 20.5. The third kappa shape index (κ3) is 3.72. The average Bonchev–Trinajstić information content (AvgIpc) is 3.42. The number of benzene rings is 2. The Labute approximate surface area is 190 Å². The SMILES string of the molecule is Cc1cccc(CN2C(=O)C3NSC=C3N(Cc3nc(-c4ccccc4)oc3C)C2=O)c1. The van der Waals surface area contributed by atoms with E-state index in [4.69, 9.17) is 4.42 Å². The smallest absolute Gasteiger partial charge is 0.331 e. The van der Waals surface area contributed by atoms with Crippen molar-refractivity contribution in [2.75, 3.05) is 0 Å². The topological polar surface area (TPSA) is 78.7 Å². The number of nitrogens with zero attached hydrogens (tertiary/aromatic N) is 3. The van der Waals surface area contributed by atoms with Crippen molar-refractivity contribution in [2.24, 2.45) is 0 Å². The van der Waals surface area contributed by atoms with Crippen LogP contribution in [0.1, 0.15) is 22.6 Å². The number of aromatic nitrogens is 1. The molecule has 8 heteroatoms. The number of hydrogen-bond donors (Lipinski definition) is 1. The zero-order chi connectivity index (χ0) is 22.2. The van der Waals surface area contributed by atoms with Gasteiger partial charge in [0.1, 0.15) is 17.5 Å². The maximum atomic E-state index is 13.5. The maximum Gasteiger partial charge on any atom is 0.331 e. The van der Waals surface area contributed by atoms with E-state index in [1.807, 2.05) is 73.9 Å². The molecule has 0 radical (unpaired) electrons. The van der Waals surface area contributed by atoms with Crippen molar-refractivity contribution in [1.29, 1.82) is 0 Å². The molecule has 0 spiro atoms. The summed E-state index contributed by atoms with van der Waals surface area (Å²) in [7, 11) is 0. The van der Waals surface area contributed by atoms with E-state index in [0.29, 0.717) is 23.0 Å². The van der Waals surface area contributed by atoms with E-state index in [1.54, 1.807) is 4.90 Å². The molecule has 1 saturated heterocycles. The first-order chi connectivity index (χ1) is 15.5. The molecule has 1 fully saturated rings.